The number of hydrogen-bond acceptors (Lipinski definition) is 2. The van der Waals surface area contributed by atoms with Crippen molar-refractivity contribution in [2.24, 2.45) is 0 Å². The zero-order chi connectivity index (χ0) is 9.14. The van der Waals surface area contributed by atoms with Crippen LogP contribution in [0.5, 0.6) is 0 Å². The van der Waals surface area contributed by atoms with E-state index in [1.165, 1.54) is 6.07 Å². The highest BCUT2D eigenvalue weighted by Crippen LogP contribution is 2.12. The second-order valence-corrected chi connectivity index (χ2v) is 3.52. The number of thiol groups is 1. The molecule has 0 aliphatic heterocycles. The van der Waals surface area contributed by atoms with Crippen molar-refractivity contribution in [3.05, 3.63) is 35.1 Å². The van der Waals surface area contributed by atoms with Crippen LogP contribution in [-0.4, -0.2) is 8.42 Å². The molecule has 1 aromatic carbocycles. The summed E-state index contributed by atoms with van der Waals surface area (Å²) in [5.74, 6) is -0.639. The molecule has 0 amide bonds. The summed E-state index contributed by atoms with van der Waals surface area (Å²) in [6.45, 7) is 1.61. The minimum Gasteiger partial charge on any atom is -0.232 e. The normalized spacial score (nSPS) is 10.6. The van der Waals surface area contributed by atoms with Crippen LogP contribution in [0, 0.1) is 12.7 Å². The average Bonchev–Trinajstić information content (AvgIpc) is 1.98. The first-order valence-electron chi connectivity index (χ1n) is 3.47. The first kappa shape index (κ1) is 9.19. The number of rotatable bonds is 2. The molecule has 0 N–H and O–H groups in total. The third-order valence-corrected chi connectivity index (χ3v) is 2.17. The maximum absolute atomic E-state index is 13.1. The second-order valence-electron chi connectivity index (χ2n) is 2.54. The fraction of sp³-hybridized carbons (Fsp3) is 0.250. The zero-order valence-electron chi connectivity index (χ0n) is 6.58. The van der Waals surface area contributed by atoms with Gasteiger partial charge in [0.05, 0.1) is 5.75 Å². The Balaban J connectivity index is 3.08. The van der Waals surface area contributed by atoms with Crippen molar-refractivity contribution in [2.75, 3.05) is 0 Å². The van der Waals surface area contributed by atoms with Gasteiger partial charge in [-0.2, -0.15) is 0 Å². The predicted molar refractivity (Wildman–Crippen MR) is 45.2 cm³/mol. The summed E-state index contributed by atoms with van der Waals surface area (Å²) in [6, 6.07) is 4.73. The van der Waals surface area contributed by atoms with Crippen LogP contribution in [0.15, 0.2) is 18.2 Å². The lowest BCUT2D eigenvalue weighted by molar-refractivity contribution is 0.596. The fourth-order valence-electron chi connectivity index (χ4n) is 0.969. The first-order chi connectivity index (χ1) is 5.61. The van der Waals surface area contributed by atoms with Gasteiger partial charge in [-0.1, -0.05) is 18.2 Å². The summed E-state index contributed by atoms with van der Waals surface area (Å²) in [5, 5.41) is 0. The van der Waals surface area contributed by atoms with Crippen LogP contribution >= 0.6 is 0 Å². The van der Waals surface area contributed by atoms with Gasteiger partial charge in [0, 0.05) is 5.56 Å². The van der Waals surface area contributed by atoms with Crippen molar-refractivity contribution in [1.82, 2.24) is 0 Å². The minimum absolute atomic E-state index is 0.219. The Hall–Kier alpha value is -0.900. The van der Waals surface area contributed by atoms with Gasteiger partial charge in [-0.05, 0) is 12.5 Å². The summed E-state index contributed by atoms with van der Waals surface area (Å²) in [5.41, 5.74) is 0.718. The minimum atomic E-state index is -2.55. The Labute approximate surface area is 72.0 Å². The van der Waals surface area contributed by atoms with Gasteiger partial charge in [-0.15, -0.1) is 0 Å². The van der Waals surface area contributed by atoms with Crippen molar-refractivity contribution in [1.29, 1.82) is 0 Å². The zero-order valence-corrected chi connectivity index (χ0v) is 7.48. The van der Waals surface area contributed by atoms with Crippen molar-refractivity contribution >= 4 is 10.7 Å². The summed E-state index contributed by atoms with van der Waals surface area (Å²) >= 11 is 0. The van der Waals surface area contributed by atoms with Crippen molar-refractivity contribution in [3.8, 4) is 0 Å². The Morgan fingerprint density at radius 2 is 2.08 bits per heavy atom. The van der Waals surface area contributed by atoms with E-state index in [0.717, 1.165) is 0 Å². The van der Waals surface area contributed by atoms with Crippen LogP contribution in [0.2, 0.25) is 0 Å². The monoisotopic (exact) mass is 188 g/mol. The van der Waals surface area contributed by atoms with Crippen molar-refractivity contribution in [2.45, 2.75) is 12.7 Å². The molecule has 0 aliphatic rings. The molecule has 0 aliphatic carbocycles. The van der Waals surface area contributed by atoms with Crippen LogP contribution < -0.4 is 0 Å². The molecular formula is C8H9FO2S. The molecule has 0 radical (unpaired) electrons. The Bertz CT molecular complexity index is 350. The molecule has 0 saturated carbocycles. The maximum Gasteiger partial charge on any atom is 0.144 e. The number of hydrogen-bond donors (Lipinski definition) is 1. The van der Waals surface area contributed by atoms with E-state index < -0.39 is 16.5 Å². The van der Waals surface area contributed by atoms with E-state index in [1.54, 1.807) is 19.1 Å². The van der Waals surface area contributed by atoms with Crippen molar-refractivity contribution < 1.29 is 12.8 Å². The van der Waals surface area contributed by atoms with Crippen LogP contribution in [0.1, 0.15) is 11.1 Å². The third-order valence-electron chi connectivity index (χ3n) is 1.57. The molecule has 0 unspecified atom stereocenters. The SMILES string of the molecule is Cc1cccc(C[SH](=O)=O)c1F. The molecule has 0 spiro atoms. The summed E-state index contributed by atoms with van der Waals surface area (Å²) in [4.78, 5) is 0. The van der Waals surface area contributed by atoms with Crippen LogP contribution in [-0.2, 0) is 16.5 Å². The molecule has 0 atom stereocenters. The smallest absolute Gasteiger partial charge is 0.144 e. The highest BCUT2D eigenvalue weighted by atomic mass is 32.2. The maximum atomic E-state index is 13.1. The predicted octanol–water partition coefficient (Wildman–Crippen LogP) is 1.25. The molecule has 0 aromatic heterocycles. The molecule has 4 heteroatoms. The van der Waals surface area contributed by atoms with E-state index in [4.69, 9.17) is 0 Å². The first-order valence-corrected chi connectivity index (χ1v) is 4.83. The van der Waals surface area contributed by atoms with E-state index in [1.807, 2.05) is 0 Å². The van der Waals surface area contributed by atoms with Crippen molar-refractivity contribution in [3.63, 3.8) is 0 Å². The second kappa shape index (κ2) is 3.67. The summed E-state index contributed by atoms with van der Waals surface area (Å²) < 4.78 is 33.7. The topological polar surface area (TPSA) is 34.1 Å². The van der Waals surface area contributed by atoms with Gasteiger partial charge >= 0.3 is 0 Å². The summed E-state index contributed by atoms with van der Waals surface area (Å²) in [6.07, 6.45) is 0. The number of aryl methyl sites for hydroxylation is 1. The largest absolute Gasteiger partial charge is 0.232 e. The molecule has 0 heterocycles. The van der Waals surface area contributed by atoms with Gasteiger partial charge in [0.25, 0.3) is 0 Å². The molecular weight excluding hydrogens is 179 g/mol. The Morgan fingerprint density at radius 3 is 2.67 bits per heavy atom. The van der Waals surface area contributed by atoms with E-state index in [2.05, 4.69) is 0 Å². The lowest BCUT2D eigenvalue weighted by atomic mass is 10.1. The van der Waals surface area contributed by atoms with E-state index >= 15 is 0 Å². The van der Waals surface area contributed by atoms with Gasteiger partial charge in [0.1, 0.15) is 16.5 Å². The average molecular weight is 188 g/mol. The lowest BCUT2D eigenvalue weighted by Crippen LogP contribution is -1.93. The molecule has 66 valence electrons. The highest BCUT2D eigenvalue weighted by Gasteiger charge is 2.04. The molecule has 0 bridgehead atoms. The number of benzene rings is 1. The highest BCUT2D eigenvalue weighted by molar-refractivity contribution is 7.71. The van der Waals surface area contributed by atoms with E-state index in [9.17, 15) is 12.8 Å². The summed E-state index contributed by atoms with van der Waals surface area (Å²) in [7, 11) is -2.55. The lowest BCUT2D eigenvalue weighted by Gasteiger charge is -2.00. The standard InChI is InChI=1S/C8H9FO2S/c1-6-3-2-4-7(8(6)9)5-12(10)11/h2-4,12H,5H2,1H3. The molecule has 2 nitrogen and oxygen atoms in total. The quantitative estimate of drug-likeness (QED) is 0.709. The molecule has 1 aromatic rings. The Kier molecular flexibility index (Phi) is 2.81. The molecule has 0 saturated heterocycles. The van der Waals surface area contributed by atoms with Gasteiger partial charge in [-0.25, -0.2) is 12.8 Å². The molecule has 1 rings (SSSR count). The van der Waals surface area contributed by atoms with Gasteiger partial charge < -0.3 is 0 Å². The Morgan fingerprint density at radius 1 is 1.42 bits per heavy atom. The molecule has 0 fully saturated rings. The van der Waals surface area contributed by atoms with Gasteiger partial charge in [0.2, 0.25) is 0 Å². The van der Waals surface area contributed by atoms with Crippen LogP contribution in [0.3, 0.4) is 0 Å². The van der Waals surface area contributed by atoms with E-state index in [0.29, 0.717) is 5.56 Å². The van der Waals surface area contributed by atoms with Crippen LogP contribution in [0.4, 0.5) is 4.39 Å². The number of halogens is 1. The van der Waals surface area contributed by atoms with Gasteiger partial charge in [-0.3, -0.25) is 0 Å². The fourth-order valence-corrected chi connectivity index (χ4v) is 1.49. The van der Waals surface area contributed by atoms with Crippen LogP contribution in [0.25, 0.3) is 0 Å². The van der Waals surface area contributed by atoms with Gasteiger partial charge in [0.15, 0.2) is 0 Å². The van der Waals surface area contributed by atoms with E-state index in [-0.39, 0.29) is 11.3 Å². The molecule has 12 heavy (non-hydrogen) atoms. The third kappa shape index (κ3) is 2.04.